The average molecular weight is 319 g/mol. The first-order chi connectivity index (χ1) is 7.86. The molecule has 0 unspecified atom stereocenters. The molecule has 0 bridgehead atoms. The molecule has 0 heterocycles. The Kier molecular flexibility index (Phi) is 4.47. The predicted molar refractivity (Wildman–Crippen MR) is 67.2 cm³/mol. The summed E-state index contributed by atoms with van der Waals surface area (Å²) in [5, 5.41) is 0.829. The van der Waals surface area contributed by atoms with E-state index in [1.165, 1.54) is 19.2 Å². The molecule has 1 rings (SSSR count). The number of aryl methyl sites for hydroxylation is 1. The highest BCUT2D eigenvalue weighted by atomic mass is 79.9. The van der Waals surface area contributed by atoms with Crippen LogP contribution in [0.1, 0.15) is 5.56 Å². The molecule has 92 valence electrons. The van der Waals surface area contributed by atoms with Crippen molar-refractivity contribution in [3.8, 4) is 0 Å². The van der Waals surface area contributed by atoms with Gasteiger partial charge in [-0.25, -0.2) is 13.2 Å². The monoisotopic (exact) mass is 318 g/mol. The van der Waals surface area contributed by atoms with Gasteiger partial charge >= 0.3 is 5.97 Å². The fraction of sp³-hybridized carbons (Fsp3) is 0.182. The number of hydrogen-bond donors (Lipinski definition) is 0. The van der Waals surface area contributed by atoms with Gasteiger partial charge in [0.1, 0.15) is 0 Å². The fourth-order valence-corrected chi connectivity index (χ4v) is 2.56. The van der Waals surface area contributed by atoms with E-state index in [-0.39, 0.29) is 4.90 Å². The van der Waals surface area contributed by atoms with Crippen LogP contribution < -0.4 is 0 Å². The number of halogens is 1. The van der Waals surface area contributed by atoms with Crippen molar-refractivity contribution in [1.82, 2.24) is 0 Å². The van der Waals surface area contributed by atoms with Crippen molar-refractivity contribution in [2.45, 2.75) is 11.8 Å². The Hall–Kier alpha value is -1.14. The topological polar surface area (TPSA) is 60.4 Å². The van der Waals surface area contributed by atoms with Crippen molar-refractivity contribution >= 4 is 31.7 Å². The normalized spacial score (nSPS) is 11.7. The Labute approximate surface area is 108 Å². The van der Waals surface area contributed by atoms with E-state index in [9.17, 15) is 13.2 Å². The molecule has 4 nitrogen and oxygen atoms in total. The first-order valence-electron chi connectivity index (χ1n) is 4.64. The van der Waals surface area contributed by atoms with Crippen LogP contribution in [-0.4, -0.2) is 21.5 Å². The molecule has 0 aliphatic heterocycles. The molecule has 0 saturated heterocycles. The van der Waals surface area contributed by atoms with Crippen molar-refractivity contribution in [1.29, 1.82) is 0 Å². The molecule has 0 spiro atoms. The second-order valence-electron chi connectivity index (χ2n) is 3.28. The maximum atomic E-state index is 11.8. The molecule has 17 heavy (non-hydrogen) atoms. The summed E-state index contributed by atoms with van der Waals surface area (Å²) in [6.45, 7) is 1.85. The first-order valence-corrected chi connectivity index (χ1v) is 6.98. The lowest BCUT2D eigenvalue weighted by Gasteiger charge is -2.02. The van der Waals surface area contributed by atoms with Gasteiger partial charge in [0.15, 0.2) is 9.84 Å². The number of methoxy groups -OCH3 is 1. The zero-order chi connectivity index (χ0) is 13.1. The minimum Gasteiger partial charge on any atom is -0.466 e. The minimum atomic E-state index is -3.62. The van der Waals surface area contributed by atoms with E-state index in [4.69, 9.17) is 0 Å². The maximum Gasteiger partial charge on any atom is 0.331 e. The molecule has 0 aliphatic carbocycles. The molecule has 0 fully saturated rings. The van der Waals surface area contributed by atoms with E-state index in [0.717, 1.165) is 17.0 Å². The zero-order valence-electron chi connectivity index (χ0n) is 9.31. The maximum absolute atomic E-state index is 11.8. The van der Waals surface area contributed by atoms with Crippen LogP contribution in [-0.2, 0) is 19.4 Å². The second-order valence-corrected chi connectivity index (χ2v) is 5.97. The molecule has 0 amide bonds. The van der Waals surface area contributed by atoms with Crippen LogP contribution in [0.2, 0.25) is 0 Å². The van der Waals surface area contributed by atoms with Crippen LogP contribution in [0.25, 0.3) is 0 Å². The molecule has 1 aromatic rings. The van der Waals surface area contributed by atoms with Crippen LogP contribution in [0.3, 0.4) is 0 Å². The van der Waals surface area contributed by atoms with Crippen molar-refractivity contribution in [3.05, 3.63) is 39.7 Å². The lowest BCUT2D eigenvalue weighted by Crippen LogP contribution is -2.00. The molecule has 0 aliphatic rings. The number of rotatable bonds is 3. The van der Waals surface area contributed by atoms with Gasteiger partial charge in [-0.3, -0.25) is 0 Å². The van der Waals surface area contributed by atoms with Gasteiger partial charge in [0.2, 0.25) is 0 Å². The summed E-state index contributed by atoms with van der Waals surface area (Å²) in [4.78, 5) is 10.9. The molecule has 0 aromatic heterocycles. The summed E-state index contributed by atoms with van der Waals surface area (Å²) >= 11 is 3.25. The molecule has 0 atom stereocenters. The third-order valence-electron chi connectivity index (χ3n) is 2.06. The number of ether oxygens (including phenoxy) is 1. The third-order valence-corrected chi connectivity index (χ3v) is 4.32. The van der Waals surface area contributed by atoms with E-state index >= 15 is 0 Å². The van der Waals surface area contributed by atoms with E-state index in [1.54, 1.807) is 6.07 Å². The van der Waals surface area contributed by atoms with Crippen molar-refractivity contribution in [2.24, 2.45) is 0 Å². The lowest BCUT2D eigenvalue weighted by molar-refractivity contribution is -0.134. The minimum absolute atomic E-state index is 0.120. The molecular formula is C11H11BrO4S. The lowest BCUT2D eigenvalue weighted by atomic mass is 10.2. The third kappa shape index (κ3) is 3.67. The van der Waals surface area contributed by atoms with Crippen molar-refractivity contribution < 1.29 is 17.9 Å². The quantitative estimate of drug-likeness (QED) is 0.633. The molecular weight excluding hydrogens is 308 g/mol. The van der Waals surface area contributed by atoms with Gasteiger partial charge in [-0.2, -0.15) is 0 Å². The van der Waals surface area contributed by atoms with Crippen LogP contribution in [0.15, 0.2) is 39.1 Å². The van der Waals surface area contributed by atoms with Crippen molar-refractivity contribution in [3.63, 3.8) is 0 Å². The standard InChI is InChI=1S/C11H11BrO4S/c1-8-3-4-9(7-10(8)12)17(14,15)6-5-11(13)16-2/h3-7H,1-2H3/b6-5-. The van der Waals surface area contributed by atoms with Crippen molar-refractivity contribution in [2.75, 3.05) is 7.11 Å². The number of sulfone groups is 1. The van der Waals surface area contributed by atoms with Gasteiger partial charge in [0.25, 0.3) is 0 Å². The largest absolute Gasteiger partial charge is 0.466 e. The Morgan fingerprint density at radius 1 is 1.41 bits per heavy atom. The van der Waals surface area contributed by atoms with Gasteiger partial charge in [0.05, 0.1) is 12.0 Å². The molecule has 0 N–H and O–H groups in total. The smallest absolute Gasteiger partial charge is 0.331 e. The van der Waals surface area contributed by atoms with Gasteiger partial charge in [0, 0.05) is 16.0 Å². The Bertz CT molecular complexity index is 561. The van der Waals surface area contributed by atoms with Crippen LogP contribution >= 0.6 is 15.9 Å². The first kappa shape index (κ1) is 13.9. The van der Waals surface area contributed by atoms with Crippen LogP contribution in [0.4, 0.5) is 0 Å². The molecule has 6 heteroatoms. The number of hydrogen-bond acceptors (Lipinski definition) is 4. The average Bonchev–Trinajstić information content (AvgIpc) is 2.29. The second kappa shape index (κ2) is 5.46. The summed E-state index contributed by atoms with van der Waals surface area (Å²) in [5.41, 5.74) is 0.931. The number of carbonyl (C=O) groups excluding carboxylic acids is 1. The predicted octanol–water partition coefficient (Wildman–Crippen LogP) is 2.22. The SMILES string of the molecule is COC(=O)/C=C\S(=O)(=O)c1ccc(C)c(Br)c1. The number of esters is 1. The van der Waals surface area contributed by atoms with Gasteiger partial charge < -0.3 is 4.74 Å². The Morgan fingerprint density at radius 3 is 2.59 bits per heavy atom. The van der Waals surface area contributed by atoms with Crippen LogP contribution in [0.5, 0.6) is 0 Å². The van der Waals surface area contributed by atoms with E-state index in [1.807, 2.05) is 6.92 Å². The van der Waals surface area contributed by atoms with E-state index in [2.05, 4.69) is 20.7 Å². The van der Waals surface area contributed by atoms with E-state index in [0.29, 0.717) is 4.47 Å². The molecule has 0 saturated carbocycles. The summed E-state index contributed by atoms with van der Waals surface area (Å²) < 4.78 is 28.6. The summed E-state index contributed by atoms with van der Waals surface area (Å²) in [5.74, 6) is -0.709. The Balaban J connectivity index is 3.10. The van der Waals surface area contributed by atoms with Crippen LogP contribution in [0, 0.1) is 6.92 Å². The zero-order valence-corrected chi connectivity index (χ0v) is 11.7. The number of benzene rings is 1. The summed E-state index contributed by atoms with van der Waals surface area (Å²) in [6.07, 6.45) is 0.878. The molecule has 1 aromatic carbocycles. The van der Waals surface area contributed by atoms with E-state index < -0.39 is 15.8 Å². The van der Waals surface area contributed by atoms with Gasteiger partial charge in [-0.15, -0.1) is 0 Å². The molecule has 0 radical (unpaired) electrons. The summed E-state index contributed by atoms with van der Waals surface area (Å²) in [6, 6.07) is 4.66. The highest BCUT2D eigenvalue weighted by Crippen LogP contribution is 2.21. The highest BCUT2D eigenvalue weighted by molar-refractivity contribution is 9.10. The highest BCUT2D eigenvalue weighted by Gasteiger charge is 2.12. The van der Waals surface area contributed by atoms with Gasteiger partial charge in [-0.1, -0.05) is 22.0 Å². The fourth-order valence-electron chi connectivity index (χ4n) is 1.04. The summed E-state index contributed by atoms with van der Waals surface area (Å²) in [7, 11) is -2.43. The van der Waals surface area contributed by atoms with Gasteiger partial charge in [-0.05, 0) is 24.6 Å². The Morgan fingerprint density at radius 2 is 2.06 bits per heavy atom. The number of carbonyl (C=O) groups is 1.